The number of aliphatic carboxylic acids is 1. The number of carboxylic acid groups (broad SMARTS) is 1. The fourth-order valence-corrected chi connectivity index (χ4v) is 0.594. The van der Waals surface area contributed by atoms with E-state index in [0.29, 0.717) is 13.2 Å². The number of carboxylic acids is 1. The molecule has 1 atom stereocenters. The SMILES string of the molecule is CC(OCCN)OCCC(=O)O. The molecule has 0 saturated heterocycles. The molecule has 0 aliphatic rings. The van der Waals surface area contributed by atoms with Gasteiger partial charge in [-0.25, -0.2) is 0 Å². The third-order valence-electron chi connectivity index (χ3n) is 1.14. The number of rotatable bonds is 7. The Morgan fingerprint density at radius 3 is 2.58 bits per heavy atom. The van der Waals surface area contributed by atoms with Crippen LogP contribution >= 0.6 is 0 Å². The van der Waals surface area contributed by atoms with Gasteiger partial charge in [0.25, 0.3) is 0 Å². The Labute approximate surface area is 71.5 Å². The van der Waals surface area contributed by atoms with E-state index in [1.54, 1.807) is 6.92 Å². The Kier molecular flexibility index (Phi) is 6.64. The first-order chi connectivity index (χ1) is 5.66. The van der Waals surface area contributed by atoms with E-state index in [2.05, 4.69) is 0 Å². The highest BCUT2D eigenvalue weighted by Gasteiger charge is 2.02. The highest BCUT2D eigenvalue weighted by Crippen LogP contribution is 1.93. The molecule has 0 aromatic heterocycles. The van der Waals surface area contributed by atoms with Crippen LogP contribution in [0.4, 0.5) is 0 Å². The summed E-state index contributed by atoms with van der Waals surface area (Å²) in [6.07, 6.45) is -0.385. The molecule has 0 aliphatic heterocycles. The third kappa shape index (κ3) is 7.46. The fraction of sp³-hybridized carbons (Fsp3) is 0.857. The van der Waals surface area contributed by atoms with Gasteiger partial charge in [0.2, 0.25) is 0 Å². The molecule has 0 heterocycles. The average Bonchev–Trinajstić information content (AvgIpc) is 2.00. The third-order valence-corrected chi connectivity index (χ3v) is 1.14. The molecule has 0 radical (unpaired) electrons. The second-order valence-electron chi connectivity index (χ2n) is 2.24. The van der Waals surface area contributed by atoms with Crippen LogP contribution in [0.25, 0.3) is 0 Å². The predicted molar refractivity (Wildman–Crippen MR) is 42.7 cm³/mol. The molecule has 5 heteroatoms. The van der Waals surface area contributed by atoms with Crippen molar-refractivity contribution in [1.29, 1.82) is 0 Å². The van der Waals surface area contributed by atoms with Gasteiger partial charge in [0.1, 0.15) is 0 Å². The molecule has 0 bridgehead atoms. The van der Waals surface area contributed by atoms with Gasteiger partial charge >= 0.3 is 5.97 Å². The van der Waals surface area contributed by atoms with Gasteiger partial charge in [0.05, 0.1) is 19.6 Å². The molecule has 0 aliphatic carbocycles. The van der Waals surface area contributed by atoms with Crippen molar-refractivity contribution in [1.82, 2.24) is 0 Å². The number of carbonyl (C=O) groups is 1. The van der Waals surface area contributed by atoms with Crippen LogP contribution in [0.2, 0.25) is 0 Å². The first-order valence-corrected chi connectivity index (χ1v) is 3.82. The van der Waals surface area contributed by atoms with Gasteiger partial charge in [-0.1, -0.05) is 0 Å². The van der Waals surface area contributed by atoms with E-state index in [9.17, 15) is 4.79 Å². The predicted octanol–water partition coefficient (Wildman–Crippen LogP) is -0.201. The van der Waals surface area contributed by atoms with Gasteiger partial charge in [-0.15, -0.1) is 0 Å². The van der Waals surface area contributed by atoms with Crippen LogP contribution in [0.15, 0.2) is 0 Å². The van der Waals surface area contributed by atoms with Crippen LogP contribution in [0.1, 0.15) is 13.3 Å². The van der Waals surface area contributed by atoms with Crippen molar-refractivity contribution in [2.75, 3.05) is 19.8 Å². The van der Waals surface area contributed by atoms with Gasteiger partial charge in [-0.2, -0.15) is 0 Å². The maximum atomic E-state index is 10.1. The quantitative estimate of drug-likeness (QED) is 0.526. The summed E-state index contributed by atoms with van der Waals surface area (Å²) in [7, 11) is 0. The summed E-state index contributed by atoms with van der Waals surface area (Å²) in [6, 6.07) is 0. The largest absolute Gasteiger partial charge is 0.481 e. The first-order valence-electron chi connectivity index (χ1n) is 3.82. The topological polar surface area (TPSA) is 81.8 Å². The summed E-state index contributed by atoms with van der Waals surface area (Å²) in [5.41, 5.74) is 5.18. The molecule has 0 spiro atoms. The van der Waals surface area contributed by atoms with Crippen molar-refractivity contribution in [2.45, 2.75) is 19.6 Å². The zero-order chi connectivity index (χ0) is 9.40. The van der Waals surface area contributed by atoms with E-state index < -0.39 is 5.97 Å². The molecule has 1 unspecified atom stereocenters. The summed E-state index contributed by atoms with van der Waals surface area (Å²) in [5.74, 6) is -0.874. The zero-order valence-electron chi connectivity index (χ0n) is 7.16. The summed E-state index contributed by atoms with van der Waals surface area (Å²) < 4.78 is 10.0. The van der Waals surface area contributed by atoms with E-state index in [1.807, 2.05) is 0 Å². The minimum Gasteiger partial charge on any atom is -0.481 e. The number of hydrogen-bond donors (Lipinski definition) is 2. The lowest BCUT2D eigenvalue weighted by Gasteiger charge is -2.12. The molecule has 5 nitrogen and oxygen atoms in total. The maximum Gasteiger partial charge on any atom is 0.305 e. The van der Waals surface area contributed by atoms with Crippen molar-refractivity contribution in [3.8, 4) is 0 Å². The van der Waals surface area contributed by atoms with Crippen LogP contribution in [-0.2, 0) is 14.3 Å². The molecule has 0 rings (SSSR count). The minimum atomic E-state index is -0.874. The molecule has 0 aromatic carbocycles. The Balaban J connectivity index is 3.19. The zero-order valence-corrected chi connectivity index (χ0v) is 7.16. The summed E-state index contributed by atoms with van der Waals surface area (Å²) in [5, 5.41) is 8.26. The summed E-state index contributed by atoms with van der Waals surface area (Å²) in [6.45, 7) is 2.74. The fourth-order valence-electron chi connectivity index (χ4n) is 0.594. The lowest BCUT2D eigenvalue weighted by molar-refractivity contribution is -0.147. The van der Waals surface area contributed by atoms with Crippen molar-refractivity contribution >= 4 is 5.97 Å². The molecule has 3 N–H and O–H groups in total. The molecule has 72 valence electrons. The van der Waals surface area contributed by atoms with Crippen LogP contribution in [-0.4, -0.2) is 37.1 Å². The Morgan fingerprint density at radius 2 is 2.08 bits per heavy atom. The number of nitrogens with two attached hydrogens (primary N) is 1. The van der Waals surface area contributed by atoms with Gasteiger partial charge in [0.15, 0.2) is 6.29 Å². The highest BCUT2D eigenvalue weighted by molar-refractivity contribution is 5.66. The smallest absolute Gasteiger partial charge is 0.305 e. The standard InChI is InChI=1S/C7H15NO4/c1-6(12-5-3-8)11-4-2-7(9)10/h6H,2-5,8H2,1H3,(H,9,10). The number of hydrogen-bond acceptors (Lipinski definition) is 4. The van der Waals surface area contributed by atoms with E-state index in [-0.39, 0.29) is 19.3 Å². The normalized spacial score (nSPS) is 12.8. The first kappa shape index (κ1) is 11.4. The van der Waals surface area contributed by atoms with Gasteiger partial charge in [-0.05, 0) is 6.92 Å². The Morgan fingerprint density at radius 1 is 1.50 bits per heavy atom. The number of ether oxygens (including phenoxy) is 2. The molecule has 12 heavy (non-hydrogen) atoms. The van der Waals surface area contributed by atoms with Gasteiger partial charge < -0.3 is 20.3 Å². The second kappa shape index (κ2) is 7.02. The van der Waals surface area contributed by atoms with Crippen LogP contribution in [0.5, 0.6) is 0 Å². The monoisotopic (exact) mass is 177 g/mol. The van der Waals surface area contributed by atoms with Crippen LogP contribution in [0, 0.1) is 0 Å². The lowest BCUT2D eigenvalue weighted by Crippen LogP contribution is -2.19. The molecule has 0 amide bonds. The van der Waals surface area contributed by atoms with E-state index in [1.165, 1.54) is 0 Å². The Bertz CT molecular complexity index is 129. The molecule has 0 aromatic rings. The second-order valence-corrected chi connectivity index (χ2v) is 2.24. The van der Waals surface area contributed by atoms with Crippen LogP contribution < -0.4 is 5.73 Å². The van der Waals surface area contributed by atoms with E-state index in [4.69, 9.17) is 20.3 Å². The van der Waals surface area contributed by atoms with Crippen LogP contribution in [0.3, 0.4) is 0 Å². The van der Waals surface area contributed by atoms with Crippen molar-refractivity contribution in [3.63, 3.8) is 0 Å². The minimum absolute atomic E-state index is 0.00365. The maximum absolute atomic E-state index is 10.1. The highest BCUT2D eigenvalue weighted by atomic mass is 16.7. The lowest BCUT2D eigenvalue weighted by atomic mass is 10.5. The van der Waals surface area contributed by atoms with Crippen molar-refractivity contribution in [2.24, 2.45) is 5.73 Å². The molecule has 0 fully saturated rings. The van der Waals surface area contributed by atoms with Gasteiger partial charge in [0, 0.05) is 6.54 Å². The summed E-state index contributed by atoms with van der Waals surface area (Å²) in [4.78, 5) is 10.1. The molecular formula is C7H15NO4. The summed E-state index contributed by atoms with van der Waals surface area (Å²) >= 11 is 0. The van der Waals surface area contributed by atoms with Gasteiger partial charge in [-0.3, -0.25) is 4.79 Å². The molecular weight excluding hydrogens is 162 g/mol. The Hall–Kier alpha value is -0.650. The van der Waals surface area contributed by atoms with Crippen molar-refractivity contribution in [3.05, 3.63) is 0 Å². The van der Waals surface area contributed by atoms with E-state index in [0.717, 1.165) is 0 Å². The average molecular weight is 177 g/mol. The van der Waals surface area contributed by atoms with E-state index >= 15 is 0 Å². The molecule has 0 saturated carbocycles. The van der Waals surface area contributed by atoms with Crippen molar-refractivity contribution < 1.29 is 19.4 Å².